The first-order chi connectivity index (χ1) is 8.76. The van der Waals surface area contributed by atoms with E-state index in [1.807, 2.05) is 13.8 Å². The Morgan fingerprint density at radius 3 is 2.58 bits per heavy atom. The SMILES string of the molecule is CC(C)CC(CO)NS(=O)(=O)c1cc(F)ccc1N. The van der Waals surface area contributed by atoms with Crippen molar-refractivity contribution in [3.05, 3.63) is 24.0 Å². The fourth-order valence-electron chi connectivity index (χ4n) is 1.75. The standard InChI is InChI=1S/C12H19FN2O3S/c1-8(2)5-10(7-16)15-19(17,18)12-6-9(13)3-4-11(12)14/h3-4,6,8,10,15-16H,5,7,14H2,1-2H3. The summed E-state index contributed by atoms with van der Waals surface area (Å²) in [6.07, 6.45) is 0.477. The van der Waals surface area contributed by atoms with Crippen LogP contribution in [-0.2, 0) is 10.0 Å². The van der Waals surface area contributed by atoms with Gasteiger partial charge in [0.05, 0.1) is 12.3 Å². The van der Waals surface area contributed by atoms with Crippen molar-refractivity contribution in [1.29, 1.82) is 0 Å². The van der Waals surface area contributed by atoms with Crippen LogP contribution < -0.4 is 10.5 Å². The molecule has 0 aliphatic heterocycles. The molecular weight excluding hydrogens is 271 g/mol. The van der Waals surface area contributed by atoms with Crippen LogP contribution in [0.25, 0.3) is 0 Å². The maximum atomic E-state index is 13.1. The molecule has 0 bridgehead atoms. The van der Waals surface area contributed by atoms with Gasteiger partial charge in [-0.05, 0) is 30.5 Å². The van der Waals surface area contributed by atoms with Crippen molar-refractivity contribution in [3.63, 3.8) is 0 Å². The second kappa shape index (κ2) is 6.31. The molecule has 0 amide bonds. The molecule has 0 aliphatic rings. The first-order valence-corrected chi connectivity index (χ1v) is 7.42. The molecule has 1 rings (SSSR count). The minimum Gasteiger partial charge on any atom is -0.398 e. The quantitative estimate of drug-likeness (QED) is 0.684. The van der Waals surface area contributed by atoms with Crippen LogP contribution in [0.2, 0.25) is 0 Å². The molecule has 0 aromatic heterocycles. The van der Waals surface area contributed by atoms with Crippen LogP contribution in [-0.4, -0.2) is 26.2 Å². The summed E-state index contributed by atoms with van der Waals surface area (Å²) in [6, 6.07) is 2.53. The fourth-order valence-corrected chi connectivity index (χ4v) is 3.14. The summed E-state index contributed by atoms with van der Waals surface area (Å²) in [7, 11) is -3.95. The summed E-state index contributed by atoms with van der Waals surface area (Å²) in [4.78, 5) is -0.310. The first kappa shape index (κ1) is 15.9. The van der Waals surface area contributed by atoms with Crippen LogP contribution in [0.1, 0.15) is 20.3 Å². The van der Waals surface area contributed by atoms with Crippen molar-refractivity contribution in [1.82, 2.24) is 4.72 Å². The summed E-state index contributed by atoms with van der Waals surface area (Å²) < 4.78 is 39.6. The Labute approximate surface area is 112 Å². The Morgan fingerprint density at radius 2 is 2.05 bits per heavy atom. The second-order valence-electron chi connectivity index (χ2n) is 4.81. The fraction of sp³-hybridized carbons (Fsp3) is 0.500. The number of nitrogens with one attached hydrogen (secondary N) is 1. The highest BCUT2D eigenvalue weighted by atomic mass is 32.2. The van der Waals surface area contributed by atoms with E-state index in [0.717, 1.165) is 12.1 Å². The minimum atomic E-state index is -3.95. The average Bonchev–Trinajstić information content (AvgIpc) is 2.30. The van der Waals surface area contributed by atoms with Gasteiger partial charge in [0.1, 0.15) is 10.7 Å². The van der Waals surface area contributed by atoms with E-state index >= 15 is 0 Å². The molecular formula is C12H19FN2O3S. The number of sulfonamides is 1. The molecule has 1 aromatic carbocycles. The summed E-state index contributed by atoms with van der Waals surface area (Å²) in [6.45, 7) is 3.49. The maximum absolute atomic E-state index is 13.1. The molecule has 1 unspecified atom stereocenters. The Balaban J connectivity index is 3.00. The zero-order chi connectivity index (χ0) is 14.6. The normalized spacial score (nSPS) is 13.7. The molecule has 1 atom stereocenters. The highest BCUT2D eigenvalue weighted by Gasteiger charge is 2.23. The molecule has 0 aliphatic carbocycles. The second-order valence-corrected chi connectivity index (χ2v) is 6.49. The van der Waals surface area contributed by atoms with Crippen LogP contribution in [0.5, 0.6) is 0 Å². The monoisotopic (exact) mass is 290 g/mol. The summed E-state index contributed by atoms with van der Waals surface area (Å²) in [5, 5.41) is 9.18. The molecule has 0 saturated carbocycles. The van der Waals surface area contributed by atoms with Gasteiger partial charge in [-0.3, -0.25) is 0 Å². The smallest absolute Gasteiger partial charge is 0.243 e. The Hall–Kier alpha value is -1.18. The first-order valence-electron chi connectivity index (χ1n) is 5.94. The van der Waals surface area contributed by atoms with E-state index in [-0.39, 0.29) is 23.1 Å². The van der Waals surface area contributed by atoms with Gasteiger partial charge < -0.3 is 10.8 Å². The Bertz CT molecular complexity index is 532. The number of aliphatic hydroxyl groups excluding tert-OH is 1. The van der Waals surface area contributed by atoms with Gasteiger partial charge in [0.2, 0.25) is 10.0 Å². The van der Waals surface area contributed by atoms with Crippen molar-refractivity contribution in [3.8, 4) is 0 Å². The third-order valence-electron chi connectivity index (χ3n) is 2.56. The minimum absolute atomic E-state index is 0.0323. The maximum Gasteiger partial charge on any atom is 0.243 e. The van der Waals surface area contributed by atoms with Crippen molar-refractivity contribution in [2.45, 2.75) is 31.2 Å². The average molecular weight is 290 g/mol. The van der Waals surface area contributed by atoms with Crippen LogP contribution in [0.4, 0.5) is 10.1 Å². The van der Waals surface area contributed by atoms with E-state index in [2.05, 4.69) is 4.72 Å². The lowest BCUT2D eigenvalue weighted by molar-refractivity contribution is 0.240. The molecule has 1 aromatic rings. The number of benzene rings is 1. The van der Waals surface area contributed by atoms with Crippen LogP contribution in [0, 0.1) is 11.7 Å². The van der Waals surface area contributed by atoms with E-state index in [1.165, 1.54) is 6.07 Å². The number of hydrogen-bond acceptors (Lipinski definition) is 4. The molecule has 5 nitrogen and oxygen atoms in total. The van der Waals surface area contributed by atoms with Gasteiger partial charge in [-0.1, -0.05) is 13.8 Å². The Morgan fingerprint density at radius 1 is 1.42 bits per heavy atom. The molecule has 19 heavy (non-hydrogen) atoms. The highest BCUT2D eigenvalue weighted by molar-refractivity contribution is 7.89. The summed E-state index contributed by atoms with van der Waals surface area (Å²) in [5.74, 6) is -0.469. The van der Waals surface area contributed by atoms with Gasteiger partial charge in [0.25, 0.3) is 0 Å². The molecule has 108 valence electrons. The lowest BCUT2D eigenvalue weighted by atomic mass is 10.1. The third kappa shape index (κ3) is 4.45. The lowest BCUT2D eigenvalue weighted by Crippen LogP contribution is -2.38. The topological polar surface area (TPSA) is 92.4 Å². The van der Waals surface area contributed by atoms with Crippen molar-refractivity contribution in [2.24, 2.45) is 5.92 Å². The van der Waals surface area contributed by atoms with Crippen LogP contribution in [0.3, 0.4) is 0 Å². The van der Waals surface area contributed by atoms with E-state index < -0.39 is 21.9 Å². The number of aliphatic hydroxyl groups is 1. The number of hydrogen-bond donors (Lipinski definition) is 3. The molecule has 4 N–H and O–H groups in total. The predicted molar refractivity (Wildman–Crippen MR) is 71.5 cm³/mol. The molecule has 0 fully saturated rings. The van der Waals surface area contributed by atoms with Crippen molar-refractivity contribution >= 4 is 15.7 Å². The van der Waals surface area contributed by atoms with Crippen molar-refractivity contribution in [2.75, 3.05) is 12.3 Å². The molecule has 0 spiro atoms. The van der Waals surface area contributed by atoms with Gasteiger partial charge in [0.15, 0.2) is 0 Å². The molecule has 0 saturated heterocycles. The number of nitrogen functional groups attached to an aromatic ring is 1. The number of nitrogens with two attached hydrogens (primary N) is 1. The number of halogens is 1. The van der Waals surface area contributed by atoms with E-state index in [4.69, 9.17) is 5.73 Å². The van der Waals surface area contributed by atoms with Gasteiger partial charge in [-0.25, -0.2) is 17.5 Å². The number of anilines is 1. The number of rotatable bonds is 6. The van der Waals surface area contributed by atoms with Gasteiger partial charge in [0, 0.05) is 6.04 Å². The third-order valence-corrected chi connectivity index (χ3v) is 4.14. The molecule has 7 heteroatoms. The molecule has 0 heterocycles. The zero-order valence-electron chi connectivity index (χ0n) is 10.9. The zero-order valence-corrected chi connectivity index (χ0v) is 11.7. The van der Waals surface area contributed by atoms with E-state index in [0.29, 0.717) is 6.42 Å². The Kier molecular flexibility index (Phi) is 5.28. The van der Waals surface area contributed by atoms with Gasteiger partial charge in [-0.15, -0.1) is 0 Å². The van der Waals surface area contributed by atoms with E-state index in [1.54, 1.807) is 0 Å². The molecule has 0 radical (unpaired) electrons. The lowest BCUT2D eigenvalue weighted by Gasteiger charge is -2.18. The summed E-state index contributed by atoms with van der Waals surface area (Å²) in [5.41, 5.74) is 5.51. The van der Waals surface area contributed by atoms with Crippen LogP contribution >= 0.6 is 0 Å². The summed E-state index contributed by atoms with van der Waals surface area (Å²) >= 11 is 0. The van der Waals surface area contributed by atoms with Gasteiger partial charge >= 0.3 is 0 Å². The van der Waals surface area contributed by atoms with E-state index in [9.17, 15) is 17.9 Å². The largest absolute Gasteiger partial charge is 0.398 e. The predicted octanol–water partition coefficient (Wildman–Crippen LogP) is 1.09. The van der Waals surface area contributed by atoms with Crippen LogP contribution in [0.15, 0.2) is 23.1 Å². The highest BCUT2D eigenvalue weighted by Crippen LogP contribution is 2.20. The van der Waals surface area contributed by atoms with Crippen molar-refractivity contribution < 1.29 is 17.9 Å². The van der Waals surface area contributed by atoms with Gasteiger partial charge in [-0.2, -0.15) is 0 Å².